The van der Waals surface area contributed by atoms with Crippen LogP contribution in [0.1, 0.15) is 37.2 Å². The molecule has 2 rings (SSSR count). The highest BCUT2D eigenvalue weighted by molar-refractivity contribution is 5.43. The second-order valence-electron chi connectivity index (χ2n) is 4.98. The molecular formula is C17H22N2O2. The number of hydrogen-bond donors (Lipinski definition) is 1. The minimum absolute atomic E-state index is 0.175. The van der Waals surface area contributed by atoms with E-state index in [1.54, 1.807) is 14.2 Å². The van der Waals surface area contributed by atoms with Crippen molar-refractivity contribution in [3.8, 4) is 11.5 Å². The van der Waals surface area contributed by atoms with E-state index in [-0.39, 0.29) is 12.1 Å². The lowest BCUT2D eigenvalue weighted by atomic mass is 10.1. The van der Waals surface area contributed by atoms with Crippen LogP contribution in [0, 0.1) is 0 Å². The Balaban J connectivity index is 2.11. The Labute approximate surface area is 126 Å². The minimum atomic E-state index is 0.175. The molecule has 112 valence electrons. The molecule has 0 aliphatic rings. The highest BCUT2D eigenvalue weighted by Crippen LogP contribution is 2.30. The van der Waals surface area contributed by atoms with Crippen LogP contribution in [0.25, 0.3) is 0 Å². The van der Waals surface area contributed by atoms with Gasteiger partial charge in [-0.05, 0) is 43.7 Å². The van der Waals surface area contributed by atoms with Crippen LogP contribution in [0.15, 0.2) is 42.6 Å². The molecule has 21 heavy (non-hydrogen) atoms. The average molecular weight is 286 g/mol. The van der Waals surface area contributed by atoms with Crippen LogP contribution in [0.4, 0.5) is 0 Å². The van der Waals surface area contributed by atoms with Crippen molar-refractivity contribution in [2.75, 3.05) is 14.2 Å². The second kappa shape index (κ2) is 7.09. The molecule has 0 aliphatic carbocycles. The topological polar surface area (TPSA) is 43.4 Å². The Kier molecular flexibility index (Phi) is 5.17. The summed E-state index contributed by atoms with van der Waals surface area (Å²) in [5, 5.41) is 3.54. The molecule has 0 bridgehead atoms. The zero-order valence-electron chi connectivity index (χ0n) is 13.0. The molecule has 0 spiro atoms. The van der Waals surface area contributed by atoms with Crippen molar-refractivity contribution < 1.29 is 9.47 Å². The number of nitrogens with one attached hydrogen (secondary N) is 1. The van der Waals surface area contributed by atoms with E-state index in [0.717, 1.165) is 22.8 Å². The van der Waals surface area contributed by atoms with Crippen molar-refractivity contribution in [2.45, 2.75) is 25.9 Å². The van der Waals surface area contributed by atoms with Crippen molar-refractivity contribution in [1.29, 1.82) is 0 Å². The van der Waals surface area contributed by atoms with Gasteiger partial charge in [0, 0.05) is 18.3 Å². The third-order valence-corrected chi connectivity index (χ3v) is 3.54. The van der Waals surface area contributed by atoms with Crippen molar-refractivity contribution in [3.63, 3.8) is 0 Å². The Bertz CT molecular complexity index is 572. The fourth-order valence-electron chi connectivity index (χ4n) is 2.31. The standard InChI is InChI=1S/C17H22N2O2/c1-12(19-13(2)15-7-5-6-10-18-15)14-8-9-16(20-3)17(11-14)21-4/h5-13,19H,1-4H3. The first-order chi connectivity index (χ1) is 10.2. The lowest BCUT2D eigenvalue weighted by molar-refractivity contribution is 0.353. The average Bonchev–Trinajstić information content (AvgIpc) is 2.54. The summed E-state index contributed by atoms with van der Waals surface area (Å²) in [5.41, 5.74) is 2.18. The monoisotopic (exact) mass is 286 g/mol. The molecule has 0 radical (unpaired) electrons. The molecule has 1 N–H and O–H groups in total. The second-order valence-corrected chi connectivity index (χ2v) is 4.98. The zero-order valence-corrected chi connectivity index (χ0v) is 13.0. The summed E-state index contributed by atoms with van der Waals surface area (Å²) in [7, 11) is 3.29. The van der Waals surface area contributed by atoms with Crippen molar-refractivity contribution in [1.82, 2.24) is 10.3 Å². The normalized spacial score (nSPS) is 13.5. The van der Waals surface area contributed by atoms with Crippen LogP contribution in [0.3, 0.4) is 0 Å². The Morgan fingerprint density at radius 3 is 2.33 bits per heavy atom. The van der Waals surface area contributed by atoms with Gasteiger partial charge < -0.3 is 14.8 Å². The number of benzene rings is 1. The van der Waals surface area contributed by atoms with Gasteiger partial charge >= 0.3 is 0 Å². The van der Waals surface area contributed by atoms with E-state index in [2.05, 4.69) is 24.1 Å². The first-order valence-electron chi connectivity index (χ1n) is 7.04. The van der Waals surface area contributed by atoms with Crippen LogP contribution in [0.2, 0.25) is 0 Å². The smallest absolute Gasteiger partial charge is 0.161 e. The van der Waals surface area contributed by atoms with E-state index in [1.165, 1.54) is 0 Å². The van der Waals surface area contributed by atoms with Gasteiger partial charge in [0.25, 0.3) is 0 Å². The molecule has 0 fully saturated rings. The van der Waals surface area contributed by atoms with Gasteiger partial charge in [0.1, 0.15) is 0 Å². The molecule has 1 heterocycles. The van der Waals surface area contributed by atoms with Gasteiger partial charge in [-0.3, -0.25) is 4.98 Å². The lowest BCUT2D eigenvalue weighted by Crippen LogP contribution is -2.23. The molecule has 0 saturated heterocycles. The Morgan fingerprint density at radius 2 is 1.71 bits per heavy atom. The van der Waals surface area contributed by atoms with Gasteiger partial charge in [0.05, 0.1) is 19.9 Å². The van der Waals surface area contributed by atoms with Crippen LogP contribution >= 0.6 is 0 Å². The number of nitrogens with zero attached hydrogens (tertiary/aromatic N) is 1. The van der Waals surface area contributed by atoms with Crippen LogP contribution in [-0.4, -0.2) is 19.2 Å². The summed E-state index contributed by atoms with van der Waals surface area (Å²) in [6.45, 7) is 4.24. The summed E-state index contributed by atoms with van der Waals surface area (Å²) in [6.07, 6.45) is 1.81. The van der Waals surface area contributed by atoms with E-state index < -0.39 is 0 Å². The van der Waals surface area contributed by atoms with E-state index in [4.69, 9.17) is 9.47 Å². The predicted octanol–water partition coefficient (Wildman–Crippen LogP) is 3.51. The predicted molar refractivity (Wildman–Crippen MR) is 83.7 cm³/mol. The summed E-state index contributed by atoms with van der Waals surface area (Å²) in [5.74, 6) is 1.49. The van der Waals surface area contributed by atoms with Crippen molar-refractivity contribution >= 4 is 0 Å². The zero-order chi connectivity index (χ0) is 15.2. The number of aromatic nitrogens is 1. The fourth-order valence-corrected chi connectivity index (χ4v) is 2.31. The number of rotatable bonds is 6. The number of hydrogen-bond acceptors (Lipinski definition) is 4. The number of pyridine rings is 1. The summed E-state index contributed by atoms with van der Waals surface area (Å²) in [6, 6.07) is 12.3. The quantitative estimate of drug-likeness (QED) is 0.882. The SMILES string of the molecule is COc1ccc(C(C)NC(C)c2ccccn2)cc1OC. The summed E-state index contributed by atoms with van der Waals surface area (Å²) >= 11 is 0. The molecule has 0 aliphatic heterocycles. The molecule has 2 aromatic rings. The lowest BCUT2D eigenvalue weighted by Gasteiger charge is -2.21. The molecular weight excluding hydrogens is 264 g/mol. The molecule has 1 aromatic heterocycles. The molecule has 1 aromatic carbocycles. The summed E-state index contributed by atoms with van der Waals surface area (Å²) < 4.78 is 10.6. The Morgan fingerprint density at radius 1 is 0.952 bits per heavy atom. The van der Waals surface area contributed by atoms with Crippen molar-refractivity contribution in [2.24, 2.45) is 0 Å². The number of ether oxygens (including phenoxy) is 2. The maximum absolute atomic E-state index is 5.35. The maximum Gasteiger partial charge on any atom is 0.161 e. The van der Waals surface area contributed by atoms with E-state index >= 15 is 0 Å². The fraction of sp³-hybridized carbons (Fsp3) is 0.353. The maximum atomic E-state index is 5.35. The third-order valence-electron chi connectivity index (χ3n) is 3.54. The molecule has 2 atom stereocenters. The molecule has 2 unspecified atom stereocenters. The highest BCUT2D eigenvalue weighted by Gasteiger charge is 2.14. The first kappa shape index (κ1) is 15.3. The van der Waals surface area contributed by atoms with Gasteiger partial charge in [0.15, 0.2) is 11.5 Å². The van der Waals surface area contributed by atoms with Gasteiger partial charge in [-0.1, -0.05) is 12.1 Å². The van der Waals surface area contributed by atoms with Gasteiger partial charge in [-0.15, -0.1) is 0 Å². The van der Waals surface area contributed by atoms with Crippen LogP contribution < -0.4 is 14.8 Å². The first-order valence-corrected chi connectivity index (χ1v) is 7.04. The van der Waals surface area contributed by atoms with E-state index in [0.29, 0.717) is 0 Å². The molecule has 0 amide bonds. The van der Waals surface area contributed by atoms with E-state index in [1.807, 2.05) is 42.6 Å². The highest BCUT2D eigenvalue weighted by atomic mass is 16.5. The third kappa shape index (κ3) is 3.73. The van der Waals surface area contributed by atoms with E-state index in [9.17, 15) is 0 Å². The largest absolute Gasteiger partial charge is 0.493 e. The molecule has 4 nitrogen and oxygen atoms in total. The summed E-state index contributed by atoms with van der Waals surface area (Å²) in [4.78, 5) is 4.38. The Hall–Kier alpha value is -2.07. The number of methoxy groups -OCH3 is 2. The van der Waals surface area contributed by atoms with Crippen LogP contribution in [-0.2, 0) is 0 Å². The van der Waals surface area contributed by atoms with Crippen LogP contribution in [0.5, 0.6) is 11.5 Å². The van der Waals surface area contributed by atoms with Gasteiger partial charge in [-0.2, -0.15) is 0 Å². The van der Waals surface area contributed by atoms with Gasteiger partial charge in [-0.25, -0.2) is 0 Å². The van der Waals surface area contributed by atoms with Gasteiger partial charge in [0.2, 0.25) is 0 Å². The van der Waals surface area contributed by atoms with Crippen molar-refractivity contribution in [3.05, 3.63) is 53.9 Å². The minimum Gasteiger partial charge on any atom is -0.493 e. The molecule has 0 saturated carbocycles. The molecule has 4 heteroatoms.